The fourth-order valence-electron chi connectivity index (χ4n) is 1.66. The second-order valence-corrected chi connectivity index (χ2v) is 4.91. The lowest BCUT2D eigenvalue weighted by Crippen LogP contribution is -2.27. The molecule has 0 saturated carbocycles. The highest BCUT2D eigenvalue weighted by atomic mass is 35.5. The van der Waals surface area contributed by atoms with Crippen LogP contribution in [-0.4, -0.2) is 5.91 Å². The van der Waals surface area contributed by atoms with E-state index < -0.39 is 6.04 Å². The zero-order valence-electron chi connectivity index (χ0n) is 9.94. The van der Waals surface area contributed by atoms with Crippen LogP contribution in [0.4, 0.5) is 5.69 Å². The monoisotopic (exact) mass is 294 g/mol. The number of carbonyl (C=O) groups is 1. The summed E-state index contributed by atoms with van der Waals surface area (Å²) < 4.78 is 0. The molecule has 0 aliphatic carbocycles. The van der Waals surface area contributed by atoms with Gasteiger partial charge in [-0.1, -0.05) is 53.5 Å². The van der Waals surface area contributed by atoms with Crippen molar-refractivity contribution in [3.63, 3.8) is 0 Å². The highest BCUT2D eigenvalue weighted by Crippen LogP contribution is 2.23. The molecule has 5 heteroatoms. The van der Waals surface area contributed by atoms with Gasteiger partial charge < -0.3 is 11.1 Å². The van der Waals surface area contributed by atoms with Crippen molar-refractivity contribution in [2.24, 2.45) is 5.73 Å². The summed E-state index contributed by atoms with van der Waals surface area (Å²) in [5.74, 6) is -0.315. The van der Waals surface area contributed by atoms with Crippen molar-refractivity contribution in [2.75, 3.05) is 5.32 Å². The predicted octanol–water partition coefficient (Wildman–Crippen LogP) is 3.63. The van der Waals surface area contributed by atoms with E-state index >= 15 is 0 Å². The van der Waals surface area contributed by atoms with E-state index in [-0.39, 0.29) is 5.91 Å². The summed E-state index contributed by atoms with van der Waals surface area (Å²) in [6.07, 6.45) is 0. The van der Waals surface area contributed by atoms with E-state index in [9.17, 15) is 4.79 Å². The van der Waals surface area contributed by atoms with Crippen LogP contribution in [0.1, 0.15) is 11.6 Å². The summed E-state index contributed by atoms with van der Waals surface area (Å²) in [6.45, 7) is 0. The lowest BCUT2D eigenvalue weighted by Gasteiger charge is -2.13. The third-order valence-corrected chi connectivity index (χ3v) is 3.01. The average molecular weight is 295 g/mol. The Morgan fingerprint density at radius 1 is 1.05 bits per heavy atom. The van der Waals surface area contributed by atoms with Crippen LogP contribution in [0.25, 0.3) is 0 Å². The molecule has 1 amide bonds. The Kier molecular flexibility index (Phi) is 4.43. The van der Waals surface area contributed by atoms with Gasteiger partial charge in [-0.05, 0) is 23.8 Å². The van der Waals surface area contributed by atoms with Crippen molar-refractivity contribution in [2.45, 2.75) is 6.04 Å². The minimum Gasteiger partial charge on any atom is -0.324 e. The van der Waals surface area contributed by atoms with Gasteiger partial charge in [-0.15, -0.1) is 0 Å². The van der Waals surface area contributed by atoms with Crippen molar-refractivity contribution >= 4 is 34.8 Å². The molecule has 2 rings (SSSR count). The molecule has 3 N–H and O–H groups in total. The van der Waals surface area contributed by atoms with E-state index in [0.29, 0.717) is 15.7 Å². The zero-order chi connectivity index (χ0) is 13.8. The van der Waals surface area contributed by atoms with Crippen LogP contribution >= 0.6 is 23.2 Å². The molecule has 0 heterocycles. The van der Waals surface area contributed by atoms with Gasteiger partial charge in [-0.25, -0.2) is 0 Å². The minimum absolute atomic E-state index is 0.315. The standard InChI is InChI=1S/C14H12Cl2N2O/c15-10-6-11(16)8-12(7-10)18-14(19)13(17)9-4-2-1-3-5-9/h1-8,13H,17H2,(H,18,19). The molecular weight excluding hydrogens is 283 g/mol. The highest BCUT2D eigenvalue weighted by molar-refractivity contribution is 6.35. The number of hydrogen-bond acceptors (Lipinski definition) is 2. The molecule has 0 bridgehead atoms. The van der Waals surface area contributed by atoms with Crippen molar-refractivity contribution in [1.29, 1.82) is 0 Å². The SMILES string of the molecule is NC(C(=O)Nc1cc(Cl)cc(Cl)c1)c1ccccc1. The van der Waals surface area contributed by atoms with Crippen LogP contribution in [0.2, 0.25) is 10.0 Å². The summed E-state index contributed by atoms with van der Waals surface area (Å²) in [4.78, 5) is 12.0. The average Bonchev–Trinajstić information content (AvgIpc) is 2.37. The minimum atomic E-state index is -0.737. The Bertz CT molecular complexity index is 567. The van der Waals surface area contributed by atoms with Gasteiger partial charge in [0.05, 0.1) is 0 Å². The second kappa shape index (κ2) is 6.06. The molecule has 2 aromatic carbocycles. The van der Waals surface area contributed by atoms with Gasteiger partial charge in [0.1, 0.15) is 6.04 Å². The lowest BCUT2D eigenvalue weighted by atomic mass is 10.1. The molecule has 0 fully saturated rings. The maximum atomic E-state index is 12.0. The van der Waals surface area contributed by atoms with Crippen LogP contribution < -0.4 is 11.1 Å². The second-order valence-electron chi connectivity index (χ2n) is 4.04. The first-order valence-electron chi connectivity index (χ1n) is 5.64. The predicted molar refractivity (Wildman–Crippen MR) is 78.5 cm³/mol. The number of rotatable bonds is 3. The van der Waals surface area contributed by atoms with E-state index in [4.69, 9.17) is 28.9 Å². The molecule has 0 radical (unpaired) electrons. The molecule has 0 saturated heterocycles. The third kappa shape index (κ3) is 3.70. The number of nitrogens with two attached hydrogens (primary N) is 1. The molecule has 2 aromatic rings. The summed E-state index contributed by atoms with van der Waals surface area (Å²) in [6, 6.07) is 13.2. The molecule has 19 heavy (non-hydrogen) atoms. The normalized spacial score (nSPS) is 11.9. The lowest BCUT2D eigenvalue weighted by molar-refractivity contribution is -0.117. The van der Waals surface area contributed by atoms with E-state index in [1.807, 2.05) is 18.2 Å². The van der Waals surface area contributed by atoms with Gasteiger partial charge in [0, 0.05) is 15.7 Å². The molecule has 0 aromatic heterocycles. The van der Waals surface area contributed by atoms with E-state index in [0.717, 1.165) is 5.56 Å². The number of hydrogen-bond donors (Lipinski definition) is 2. The largest absolute Gasteiger partial charge is 0.324 e. The van der Waals surface area contributed by atoms with E-state index in [1.165, 1.54) is 0 Å². The van der Waals surface area contributed by atoms with Gasteiger partial charge in [-0.2, -0.15) is 0 Å². The first kappa shape index (κ1) is 13.9. The topological polar surface area (TPSA) is 55.1 Å². The van der Waals surface area contributed by atoms with Crippen molar-refractivity contribution in [1.82, 2.24) is 0 Å². The number of carbonyl (C=O) groups excluding carboxylic acids is 1. The highest BCUT2D eigenvalue weighted by Gasteiger charge is 2.15. The molecule has 1 atom stereocenters. The third-order valence-electron chi connectivity index (χ3n) is 2.57. The van der Waals surface area contributed by atoms with Crippen LogP contribution in [0.5, 0.6) is 0 Å². The number of benzene rings is 2. The molecule has 0 spiro atoms. The summed E-state index contributed by atoms with van der Waals surface area (Å²) in [5, 5.41) is 3.60. The first-order chi connectivity index (χ1) is 9.06. The molecule has 0 aliphatic heterocycles. The fraction of sp³-hybridized carbons (Fsp3) is 0.0714. The van der Waals surface area contributed by atoms with Crippen LogP contribution in [0.15, 0.2) is 48.5 Å². The maximum Gasteiger partial charge on any atom is 0.245 e. The van der Waals surface area contributed by atoms with Gasteiger partial charge in [0.25, 0.3) is 0 Å². The molecule has 0 aliphatic rings. The molecular formula is C14H12Cl2N2O. The van der Waals surface area contributed by atoms with Crippen LogP contribution in [-0.2, 0) is 4.79 Å². The molecule has 1 unspecified atom stereocenters. The van der Waals surface area contributed by atoms with Gasteiger partial charge >= 0.3 is 0 Å². The van der Waals surface area contributed by atoms with E-state index in [2.05, 4.69) is 5.32 Å². The Labute approximate surface area is 121 Å². The van der Waals surface area contributed by atoms with Gasteiger partial charge in [0.2, 0.25) is 5.91 Å². The summed E-state index contributed by atoms with van der Waals surface area (Å²) >= 11 is 11.7. The number of anilines is 1. The fourth-order valence-corrected chi connectivity index (χ4v) is 2.18. The Morgan fingerprint density at radius 2 is 1.63 bits per heavy atom. The Morgan fingerprint density at radius 3 is 2.21 bits per heavy atom. The molecule has 3 nitrogen and oxygen atoms in total. The van der Waals surface area contributed by atoms with Crippen LogP contribution in [0.3, 0.4) is 0 Å². The smallest absolute Gasteiger partial charge is 0.245 e. The van der Waals surface area contributed by atoms with Crippen LogP contribution in [0, 0.1) is 0 Å². The Balaban J connectivity index is 2.13. The van der Waals surface area contributed by atoms with Crippen molar-refractivity contribution < 1.29 is 4.79 Å². The van der Waals surface area contributed by atoms with Crippen molar-refractivity contribution in [3.05, 3.63) is 64.1 Å². The number of nitrogens with one attached hydrogen (secondary N) is 1. The van der Waals surface area contributed by atoms with Gasteiger partial charge in [-0.3, -0.25) is 4.79 Å². The van der Waals surface area contributed by atoms with E-state index in [1.54, 1.807) is 30.3 Å². The maximum absolute atomic E-state index is 12.0. The number of halogens is 2. The molecule has 98 valence electrons. The zero-order valence-corrected chi connectivity index (χ0v) is 11.4. The summed E-state index contributed by atoms with van der Waals surface area (Å²) in [5.41, 5.74) is 7.15. The van der Waals surface area contributed by atoms with Gasteiger partial charge in [0.15, 0.2) is 0 Å². The van der Waals surface area contributed by atoms with Crippen molar-refractivity contribution in [3.8, 4) is 0 Å². The summed E-state index contributed by atoms with van der Waals surface area (Å²) in [7, 11) is 0. The number of amides is 1. The Hall–Kier alpha value is -1.55. The quantitative estimate of drug-likeness (QED) is 0.908. The first-order valence-corrected chi connectivity index (χ1v) is 6.39.